The lowest BCUT2D eigenvalue weighted by molar-refractivity contribution is 0.195. The number of benzene rings is 2. The van der Waals surface area contributed by atoms with Gasteiger partial charge in [-0.15, -0.1) is 6.58 Å². The Morgan fingerprint density at radius 2 is 1.75 bits per heavy atom. The molecular formula is C23H26ClFO5S2. The first-order valence-corrected chi connectivity index (χ1v) is 13.9. The molecule has 2 aromatic carbocycles. The van der Waals surface area contributed by atoms with E-state index in [0.29, 0.717) is 35.4 Å². The van der Waals surface area contributed by atoms with Crippen LogP contribution in [0.1, 0.15) is 36.8 Å². The van der Waals surface area contributed by atoms with Crippen LogP contribution in [0.15, 0.2) is 60.0 Å². The summed E-state index contributed by atoms with van der Waals surface area (Å²) in [7, 11) is -7.53. The largest absolute Gasteiger partial charge is 0.270 e. The number of halogens is 2. The summed E-state index contributed by atoms with van der Waals surface area (Å²) in [4.78, 5) is 0.113. The van der Waals surface area contributed by atoms with Crippen molar-refractivity contribution in [1.29, 1.82) is 0 Å². The fraction of sp³-hybridized carbons (Fsp3) is 0.391. The van der Waals surface area contributed by atoms with Crippen molar-refractivity contribution in [1.82, 2.24) is 0 Å². The predicted octanol–water partition coefficient (Wildman–Crippen LogP) is 5.04. The van der Waals surface area contributed by atoms with Crippen molar-refractivity contribution in [3.8, 4) is 0 Å². The molecule has 0 N–H and O–H groups in total. The minimum Gasteiger partial charge on any atom is -0.270 e. The number of sulfone groups is 1. The lowest BCUT2D eigenvalue weighted by Gasteiger charge is -2.41. The van der Waals surface area contributed by atoms with Crippen molar-refractivity contribution in [3.63, 3.8) is 0 Å². The zero-order chi connectivity index (χ0) is 23.6. The molecule has 0 aliphatic heterocycles. The normalized spacial score (nSPS) is 21.9. The molecule has 0 saturated heterocycles. The van der Waals surface area contributed by atoms with Gasteiger partial charge < -0.3 is 0 Å². The van der Waals surface area contributed by atoms with Gasteiger partial charge in [0.1, 0.15) is 10.6 Å². The van der Waals surface area contributed by atoms with Crippen LogP contribution in [-0.4, -0.2) is 29.7 Å². The van der Waals surface area contributed by atoms with Gasteiger partial charge in [-0.05, 0) is 85.5 Å². The van der Waals surface area contributed by atoms with Gasteiger partial charge in [0, 0.05) is 5.02 Å². The lowest BCUT2D eigenvalue weighted by atomic mass is 9.76. The Hall–Kier alpha value is -1.74. The summed E-state index contributed by atoms with van der Waals surface area (Å²) in [6.07, 6.45) is 4.31. The van der Waals surface area contributed by atoms with Crippen molar-refractivity contribution in [2.75, 3.05) is 12.9 Å². The van der Waals surface area contributed by atoms with Crippen molar-refractivity contribution in [3.05, 3.63) is 77.1 Å². The Balaban J connectivity index is 2.09. The van der Waals surface area contributed by atoms with Crippen LogP contribution in [0.2, 0.25) is 5.02 Å². The van der Waals surface area contributed by atoms with Crippen molar-refractivity contribution < 1.29 is 25.4 Å². The highest BCUT2D eigenvalue weighted by atomic mass is 35.5. The van der Waals surface area contributed by atoms with Crippen LogP contribution in [0, 0.1) is 11.7 Å². The van der Waals surface area contributed by atoms with E-state index < -0.39 is 30.5 Å². The fourth-order valence-corrected chi connectivity index (χ4v) is 7.12. The van der Waals surface area contributed by atoms with Crippen LogP contribution in [-0.2, 0) is 35.3 Å². The summed E-state index contributed by atoms with van der Waals surface area (Å²) in [6.45, 7) is 3.74. The predicted molar refractivity (Wildman–Crippen MR) is 123 cm³/mol. The Morgan fingerprint density at radius 1 is 1.12 bits per heavy atom. The molecule has 1 saturated carbocycles. The topological polar surface area (TPSA) is 77.5 Å². The Labute approximate surface area is 194 Å². The molecule has 1 aliphatic rings. The second-order valence-electron chi connectivity index (χ2n) is 8.18. The highest BCUT2D eigenvalue weighted by molar-refractivity contribution is 7.92. The first-order chi connectivity index (χ1) is 15.0. The van der Waals surface area contributed by atoms with Gasteiger partial charge in [0.25, 0.3) is 10.1 Å². The van der Waals surface area contributed by atoms with Gasteiger partial charge in [0.05, 0.1) is 17.8 Å². The summed E-state index contributed by atoms with van der Waals surface area (Å²) in [5.41, 5.74) is 1.12. The van der Waals surface area contributed by atoms with Crippen LogP contribution in [0.25, 0.3) is 0 Å². The van der Waals surface area contributed by atoms with Gasteiger partial charge in [0.15, 0.2) is 9.84 Å². The zero-order valence-electron chi connectivity index (χ0n) is 17.8. The maximum Gasteiger partial charge on any atom is 0.264 e. The Kier molecular flexibility index (Phi) is 7.49. The number of hydrogen-bond acceptors (Lipinski definition) is 5. The molecule has 0 amide bonds. The highest BCUT2D eigenvalue weighted by Crippen LogP contribution is 2.49. The maximum atomic E-state index is 14.4. The third-order valence-corrected chi connectivity index (χ3v) is 9.36. The van der Waals surface area contributed by atoms with Gasteiger partial charge in [-0.3, -0.25) is 4.18 Å². The van der Waals surface area contributed by atoms with Crippen LogP contribution in [0.3, 0.4) is 0 Å². The minimum atomic E-state index is -3.94. The summed E-state index contributed by atoms with van der Waals surface area (Å²) < 4.78 is 68.7. The Morgan fingerprint density at radius 3 is 2.31 bits per heavy atom. The third kappa shape index (κ3) is 5.25. The molecule has 1 aliphatic carbocycles. The summed E-state index contributed by atoms with van der Waals surface area (Å²) in [5.74, 6) is -0.629. The monoisotopic (exact) mass is 500 g/mol. The fourth-order valence-electron chi connectivity index (χ4n) is 4.36. The molecule has 0 bridgehead atoms. The molecular weight excluding hydrogens is 475 g/mol. The van der Waals surface area contributed by atoms with E-state index in [1.165, 1.54) is 36.4 Å². The van der Waals surface area contributed by atoms with E-state index in [4.69, 9.17) is 15.8 Å². The molecule has 0 atom stereocenters. The molecule has 1 fully saturated rings. The van der Waals surface area contributed by atoms with Crippen LogP contribution in [0.5, 0.6) is 0 Å². The maximum absolute atomic E-state index is 14.4. The van der Waals surface area contributed by atoms with E-state index in [-0.39, 0.29) is 30.3 Å². The van der Waals surface area contributed by atoms with E-state index in [9.17, 15) is 21.2 Å². The molecule has 5 nitrogen and oxygen atoms in total. The zero-order valence-corrected chi connectivity index (χ0v) is 20.1. The summed E-state index contributed by atoms with van der Waals surface area (Å²) in [6, 6.07) is 10.2. The molecule has 3 rings (SSSR count). The summed E-state index contributed by atoms with van der Waals surface area (Å²) in [5, 5.41) is 0.415. The van der Waals surface area contributed by atoms with Gasteiger partial charge in [0.2, 0.25) is 0 Å². The van der Waals surface area contributed by atoms with Crippen LogP contribution in [0.4, 0.5) is 4.39 Å². The van der Waals surface area contributed by atoms with E-state index in [2.05, 4.69) is 6.58 Å². The summed E-state index contributed by atoms with van der Waals surface area (Å²) >= 11 is 5.96. The molecule has 0 radical (unpaired) electrons. The molecule has 2 aromatic rings. The second-order valence-corrected chi connectivity index (χ2v) is 12.5. The first kappa shape index (κ1) is 24.9. The lowest BCUT2D eigenvalue weighted by Crippen LogP contribution is -2.41. The third-order valence-electron chi connectivity index (χ3n) is 6.00. The SMILES string of the molecule is C=CCc1ccc(F)cc1C1(S(=O)(=O)c2ccc(Cl)cc2)CCC(COS(C)(=O)=O)CC1. The molecule has 32 heavy (non-hydrogen) atoms. The standard InChI is InChI=1S/C23H26ClFO5S2/c1-3-4-18-5-8-20(25)15-22(18)23(32(28,29)21-9-6-19(24)7-10-21)13-11-17(12-14-23)16-30-31(2,26)27/h3,5-10,15,17H,1,4,11-14,16H2,2H3. The second kappa shape index (κ2) is 9.63. The molecule has 0 spiro atoms. The van der Waals surface area contributed by atoms with E-state index in [1.807, 2.05) is 0 Å². The Bertz CT molecular complexity index is 1180. The first-order valence-electron chi connectivity index (χ1n) is 10.2. The average molecular weight is 501 g/mol. The highest BCUT2D eigenvalue weighted by Gasteiger charge is 2.49. The minimum absolute atomic E-state index is 0.00142. The number of allylic oxidation sites excluding steroid dienone is 1. The van der Waals surface area contributed by atoms with Gasteiger partial charge >= 0.3 is 0 Å². The van der Waals surface area contributed by atoms with E-state index in [0.717, 1.165) is 6.26 Å². The van der Waals surface area contributed by atoms with Crippen LogP contribution >= 0.6 is 11.6 Å². The van der Waals surface area contributed by atoms with E-state index >= 15 is 0 Å². The number of rotatable bonds is 8. The van der Waals surface area contributed by atoms with Gasteiger partial charge in [-0.25, -0.2) is 12.8 Å². The molecule has 0 heterocycles. The quantitative estimate of drug-likeness (QED) is 0.374. The van der Waals surface area contributed by atoms with Gasteiger partial charge in [-0.2, -0.15) is 8.42 Å². The van der Waals surface area contributed by atoms with E-state index in [1.54, 1.807) is 12.1 Å². The number of hydrogen-bond donors (Lipinski definition) is 0. The smallest absolute Gasteiger partial charge is 0.264 e. The van der Waals surface area contributed by atoms with Crippen molar-refractivity contribution in [2.24, 2.45) is 5.92 Å². The molecule has 0 aromatic heterocycles. The molecule has 174 valence electrons. The molecule has 0 unspecified atom stereocenters. The van der Waals surface area contributed by atoms with Gasteiger partial charge in [-0.1, -0.05) is 23.7 Å². The van der Waals surface area contributed by atoms with Crippen LogP contribution < -0.4 is 0 Å². The average Bonchev–Trinajstić information content (AvgIpc) is 2.74. The van der Waals surface area contributed by atoms with Crippen molar-refractivity contribution in [2.45, 2.75) is 41.7 Å². The van der Waals surface area contributed by atoms with Crippen molar-refractivity contribution >= 4 is 31.6 Å². The molecule has 9 heteroatoms.